The van der Waals surface area contributed by atoms with Crippen LogP contribution in [0.5, 0.6) is 0 Å². The van der Waals surface area contributed by atoms with Gasteiger partial charge in [-0.05, 0) is 0 Å². The second-order valence-corrected chi connectivity index (χ2v) is 2.93. The first kappa shape index (κ1) is 5.23. The maximum absolute atomic E-state index is 4.99. The predicted molar refractivity (Wildman–Crippen MR) is 37.5 cm³/mol. The van der Waals surface area contributed by atoms with Crippen LogP contribution in [0.15, 0.2) is 24.4 Å². The molecule has 2 nitrogen and oxygen atoms in total. The van der Waals surface area contributed by atoms with Crippen LogP contribution in [0, 0.1) is 0 Å². The van der Waals surface area contributed by atoms with Crippen LogP contribution in [0.25, 0.3) is 0 Å². The standard InChI is InChI=1S/C6H7NOS/c1-2-8-3-6-4-9-5-7(1)6/h1-3H,4-5H2. The molecule has 0 spiro atoms. The van der Waals surface area contributed by atoms with E-state index < -0.39 is 0 Å². The van der Waals surface area contributed by atoms with Crippen LogP contribution in [0.2, 0.25) is 0 Å². The van der Waals surface area contributed by atoms with Gasteiger partial charge in [-0.3, -0.25) is 0 Å². The van der Waals surface area contributed by atoms with Gasteiger partial charge in [0.2, 0.25) is 0 Å². The predicted octanol–water partition coefficient (Wildman–Crippen LogP) is 1.34. The van der Waals surface area contributed by atoms with E-state index >= 15 is 0 Å². The first-order valence-electron chi connectivity index (χ1n) is 2.82. The molecule has 0 aromatic rings. The molecule has 0 aliphatic carbocycles. The third-order valence-electron chi connectivity index (χ3n) is 1.37. The molecule has 2 aliphatic rings. The monoisotopic (exact) mass is 141 g/mol. The molecule has 0 unspecified atom stereocenters. The van der Waals surface area contributed by atoms with Gasteiger partial charge >= 0.3 is 0 Å². The van der Waals surface area contributed by atoms with Gasteiger partial charge in [-0.15, -0.1) is 11.8 Å². The average molecular weight is 141 g/mol. The summed E-state index contributed by atoms with van der Waals surface area (Å²) < 4.78 is 4.99. The highest BCUT2D eigenvalue weighted by Crippen LogP contribution is 2.25. The summed E-state index contributed by atoms with van der Waals surface area (Å²) in [6.07, 6.45) is 5.48. The number of ether oxygens (including phenoxy) is 1. The summed E-state index contributed by atoms with van der Waals surface area (Å²) in [4.78, 5) is 2.19. The van der Waals surface area contributed by atoms with Crippen LogP contribution in [0.4, 0.5) is 0 Å². The Morgan fingerprint density at radius 3 is 3.56 bits per heavy atom. The summed E-state index contributed by atoms with van der Waals surface area (Å²) >= 11 is 1.91. The van der Waals surface area contributed by atoms with E-state index in [1.807, 2.05) is 18.0 Å². The zero-order chi connectivity index (χ0) is 6.10. The molecule has 0 radical (unpaired) electrons. The average Bonchev–Trinajstić information content (AvgIpc) is 2.33. The number of rotatable bonds is 0. The fourth-order valence-electron chi connectivity index (χ4n) is 0.881. The van der Waals surface area contributed by atoms with Gasteiger partial charge in [-0.1, -0.05) is 0 Å². The Bertz CT molecular complexity index is 176. The minimum absolute atomic E-state index is 1.08. The molecular formula is C6H7NOS. The van der Waals surface area contributed by atoms with Gasteiger partial charge in [-0.2, -0.15) is 0 Å². The maximum atomic E-state index is 4.99. The molecule has 0 aromatic carbocycles. The van der Waals surface area contributed by atoms with Gasteiger partial charge in [-0.25, -0.2) is 0 Å². The van der Waals surface area contributed by atoms with Crippen molar-refractivity contribution in [2.45, 2.75) is 0 Å². The number of nitrogens with zero attached hydrogens (tertiary/aromatic N) is 1. The largest absolute Gasteiger partial charge is 0.469 e. The van der Waals surface area contributed by atoms with E-state index in [1.54, 1.807) is 12.5 Å². The number of hydrogen-bond acceptors (Lipinski definition) is 3. The summed E-state index contributed by atoms with van der Waals surface area (Å²) in [5.74, 6) is 2.16. The van der Waals surface area contributed by atoms with E-state index in [2.05, 4.69) is 4.90 Å². The van der Waals surface area contributed by atoms with Crippen LogP contribution in [-0.4, -0.2) is 16.5 Å². The molecule has 0 saturated carbocycles. The summed E-state index contributed by atoms with van der Waals surface area (Å²) in [5.41, 5.74) is 1.28. The minimum Gasteiger partial charge on any atom is -0.469 e. The molecule has 0 amide bonds. The highest BCUT2D eigenvalue weighted by atomic mass is 32.2. The fourth-order valence-corrected chi connectivity index (χ4v) is 1.86. The number of hydrogen-bond donors (Lipinski definition) is 0. The summed E-state index contributed by atoms with van der Waals surface area (Å²) in [7, 11) is 0. The zero-order valence-electron chi connectivity index (χ0n) is 4.91. The summed E-state index contributed by atoms with van der Waals surface area (Å²) in [6.45, 7) is 0. The molecule has 0 aromatic heterocycles. The molecule has 1 fully saturated rings. The Morgan fingerprint density at radius 1 is 1.67 bits per heavy atom. The third-order valence-corrected chi connectivity index (χ3v) is 2.33. The van der Waals surface area contributed by atoms with E-state index in [4.69, 9.17) is 4.74 Å². The number of thioether (sulfide) groups is 1. The fraction of sp³-hybridized carbons (Fsp3) is 0.333. The van der Waals surface area contributed by atoms with Crippen LogP contribution < -0.4 is 0 Å². The SMILES string of the molecule is C1=CN2CSCC2=CO1. The van der Waals surface area contributed by atoms with Gasteiger partial charge in [0.05, 0.1) is 11.6 Å². The first-order valence-corrected chi connectivity index (χ1v) is 3.98. The molecule has 2 rings (SSSR count). The van der Waals surface area contributed by atoms with E-state index in [9.17, 15) is 0 Å². The van der Waals surface area contributed by atoms with E-state index in [1.165, 1.54) is 5.70 Å². The Morgan fingerprint density at radius 2 is 2.67 bits per heavy atom. The number of fused-ring (bicyclic) bond motifs is 1. The summed E-state index contributed by atoms with van der Waals surface area (Å²) in [5, 5.41) is 0. The van der Waals surface area contributed by atoms with Crippen molar-refractivity contribution < 1.29 is 4.74 Å². The maximum Gasteiger partial charge on any atom is 0.111 e. The zero-order valence-corrected chi connectivity index (χ0v) is 5.73. The van der Waals surface area contributed by atoms with Crippen LogP contribution >= 0.6 is 11.8 Å². The first-order chi connectivity index (χ1) is 4.47. The topological polar surface area (TPSA) is 12.5 Å². The smallest absolute Gasteiger partial charge is 0.111 e. The lowest BCUT2D eigenvalue weighted by atomic mass is 10.5. The van der Waals surface area contributed by atoms with Crippen molar-refractivity contribution >= 4 is 11.8 Å². The quantitative estimate of drug-likeness (QED) is 0.505. The van der Waals surface area contributed by atoms with Crippen molar-refractivity contribution in [3.05, 3.63) is 24.4 Å². The van der Waals surface area contributed by atoms with Gasteiger partial charge in [0, 0.05) is 12.0 Å². The van der Waals surface area contributed by atoms with Crippen molar-refractivity contribution in [2.75, 3.05) is 11.6 Å². The van der Waals surface area contributed by atoms with Crippen LogP contribution in [0.3, 0.4) is 0 Å². The molecule has 2 heterocycles. The Hall–Kier alpha value is -0.570. The molecule has 0 bridgehead atoms. The normalized spacial score (nSPS) is 23.1. The van der Waals surface area contributed by atoms with Gasteiger partial charge in [0.1, 0.15) is 12.5 Å². The highest BCUT2D eigenvalue weighted by molar-refractivity contribution is 7.99. The molecule has 2 aliphatic heterocycles. The Labute approximate surface area is 58.2 Å². The Balaban J connectivity index is 2.22. The minimum atomic E-state index is 1.08. The summed E-state index contributed by atoms with van der Waals surface area (Å²) in [6, 6.07) is 0. The van der Waals surface area contributed by atoms with Crippen molar-refractivity contribution in [1.29, 1.82) is 0 Å². The van der Waals surface area contributed by atoms with Gasteiger partial charge in [0.25, 0.3) is 0 Å². The van der Waals surface area contributed by atoms with E-state index in [0.717, 1.165) is 11.6 Å². The molecule has 9 heavy (non-hydrogen) atoms. The molecular weight excluding hydrogens is 134 g/mol. The van der Waals surface area contributed by atoms with Crippen molar-refractivity contribution in [3.63, 3.8) is 0 Å². The molecule has 0 atom stereocenters. The lowest BCUT2D eigenvalue weighted by Gasteiger charge is -2.15. The van der Waals surface area contributed by atoms with Crippen molar-refractivity contribution in [2.24, 2.45) is 0 Å². The van der Waals surface area contributed by atoms with Crippen molar-refractivity contribution in [1.82, 2.24) is 4.90 Å². The van der Waals surface area contributed by atoms with Gasteiger partial charge < -0.3 is 9.64 Å². The van der Waals surface area contributed by atoms with Crippen molar-refractivity contribution in [3.8, 4) is 0 Å². The van der Waals surface area contributed by atoms with Crippen LogP contribution in [0.1, 0.15) is 0 Å². The third kappa shape index (κ3) is 0.812. The lowest BCUT2D eigenvalue weighted by Crippen LogP contribution is -2.12. The van der Waals surface area contributed by atoms with Crippen LogP contribution in [-0.2, 0) is 4.74 Å². The molecule has 3 heteroatoms. The second kappa shape index (κ2) is 1.99. The second-order valence-electron chi connectivity index (χ2n) is 1.98. The Kier molecular flexibility index (Phi) is 1.16. The molecule has 1 saturated heterocycles. The van der Waals surface area contributed by atoms with E-state index in [-0.39, 0.29) is 0 Å². The molecule has 48 valence electrons. The highest BCUT2D eigenvalue weighted by Gasteiger charge is 2.16. The molecule has 0 N–H and O–H groups in total. The lowest BCUT2D eigenvalue weighted by molar-refractivity contribution is 0.346. The van der Waals surface area contributed by atoms with Gasteiger partial charge in [0.15, 0.2) is 0 Å². The van der Waals surface area contributed by atoms with E-state index in [0.29, 0.717) is 0 Å².